The van der Waals surface area contributed by atoms with Crippen LogP contribution in [0, 0.1) is 6.92 Å². The van der Waals surface area contributed by atoms with Crippen LogP contribution in [0.4, 0.5) is 0 Å². The number of hydrogen-bond acceptors (Lipinski definition) is 7. The molecule has 2 amide bonds. The van der Waals surface area contributed by atoms with Crippen molar-refractivity contribution in [2.75, 3.05) is 26.8 Å². The molecule has 1 fully saturated rings. The van der Waals surface area contributed by atoms with E-state index in [2.05, 4.69) is 15.5 Å². The third-order valence-electron chi connectivity index (χ3n) is 3.99. The molecule has 1 saturated heterocycles. The minimum absolute atomic E-state index is 0.0125. The van der Waals surface area contributed by atoms with E-state index >= 15 is 0 Å². The second kappa shape index (κ2) is 7.75. The number of rotatable bonds is 6. The molecule has 0 bridgehead atoms. The summed E-state index contributed by atoms with van der Waals surface area (Å²) in [6.07, 6.45) is 1.75. The number of nitrogens with one attached hydrogen (secondary N) is 1. The number of nitrogens with zero attached hydrogens (tertiary/aromatic N) is 3. The highest BCUT2D eigenvalue weighted by atomic mass is 32.1. The number of likely N-dealkylation sites (tertiary alicyclic amines) is 1. The number of carbonyl (C=O) groups excluding carboxylic acids is 2. The smallest absolute Gasteiger partial charge is 0.311 e. The lowest BCUT2D eigenvalue weighted by molar-refractivity contribution is 0.0695. The van der Waals surface area contributed by atoms with E-state index in [0.29, 0.717) is 30.5 Å². The molecular weight excluding hydrogens is 344 g/mol. The second-order valence-electron chi connectivity index (χ2n) is 5.73. The number of ether oxygens (including phenoxy) is 1. The van der Waals surface area contributed by atoms with Gasteiger partial charge in [-0.05, 0) is 25.0 Å². The average molecular weight is 364 g/mol. The molecule has 1 unspecified atom stereocenters. The SMILES string of the molecule is COCCNC(=O)c1ccc(C2CCCN2C(=O)c2nnc(C)o2)s1. The number of amides is 2. The summed E-state index contributed by atoms with van der Waals surface area (Å²) in [5.74, 6) is -0.0111. The number of thiophene rings is 1. The third-order valence-corrected chi connectivity index (χ3v) is 5.18. The minimum Gasteiger partial charge on any atom is -0.417 e. The van der Waals surface area contributed by atoms with Crippen LogP contribution in [-0.4, -0.2) is 53.7 Å². The van der Waals surface area contributed by atoms with Crippen molar-refractivity contribution in [1.82, 2.24) is 20.4 Å². The van der Waals surface area contributed by atoms with Crippen molar-refractivity contribution in [3.63, 3.8) is 0 Å². The largest absolute Gasteiger partial charge is 0.417 e. The maximum absolute atomic E-state index is 12.6. The third kappa shape index (κ3) is 3.88. The van der Waals surface area contributed by atoms with Gasteiger partial charge in [0.15, 0.2) is 0 Å². The van der Waals surface area contributed by atoms with E-state index in [1.54, 1.807) is 25.0 Å². The first-order valence-corrected chi connectivity index (χ1v) is 8.89. The summed E-state index contributed by atoms with van der Waals surface area (Å²) in [6.45, 7) is 3.22. The first-order valence-electron chi connectivity index (χ1n) is 8.08. The lowest BCUT2D eigenvalue weighted by Crippen LogP contribution is -2.30. The Morgan fingerprint density at radius 2 is 2.28 bits per heavy atom. The predicted octanol–water partition coefficient (Wildman–Crippen LogP) is 1.79. The van der Waals surface area contributed by atoms with E-state index in [-0.39, 0.29) is 23.7 Å². The topological polar surface area (TPSA) is 97.6 Å². The summed E-state index contributed by atoms with van der Waals surface area (Å²) in [4.78, 5) is 28.1. The molecule has 0 aliphatic carbocycles. The Morgan fingerprint density at radius 3 is 3.00 bits per heavy atom. The van der Waals surface area contributed by atoms with E-state index in [0.717, 1.165) is 17.7 Å². The van der Waals surface area contributed by atoms with Crippen molar-refractivity contribution in [3.8, 4) is 0 Å². The Labute approximate surface area is 149 Å². The van der Waals surface area contributed by atoms with Gasteiger partial charge in [-0.3, -0.25) is 9.59 Å². The average Bonchev–Trinajstić information content (AvgIpc) is 3.33. The summed E-state index contributed by atoms with van der Waals surface area (Å²) in [7, 11) is 1.59. The maximum Gasteiger partial charge on any atom is 0.311 e. The Hall–Kier alpha value is -2.26. The number of hydrogen-bond donors (Lipinski definition) is 1. The van der Waals surface area contributed by atoms with Crippen molar-refractivity contribution in [2.45, 2.75) is 25.8 Å². The normalized spacial score (nSPS) is 17.0. The molecule has 9 heteroatoms. The molecule has 0 spiro atoms. The van der Waals surface area contributed by atoms with Crippen LogP contribution >= 0.6 is 11.3 Å². The zero-order valence-electron chi connectivity index (χ0n) is 14.2. The molecule has 25 heavy (non-hydrogen) atoms. The molecule has 1 aliphatic heterocycles. The van der Waals surface area contributed by atoms with Crippen LogP contribution in [0.15, 0.2) is 16.5 Å². The van der Waals surface area contributed by atoms with Gasteiger partial charge in [-0.15, -0.1) is 21.5 Å². The van der Waals surface area contributed by atoms with Gasteiger partial charge in [-0.2, -0.15) is 0 Å². The Bertz CT molecular complexity index is 757. The Morgan fingerprint density at radius 1 is 1.44 bits per heavy atom. The van der Waals surface area contributed by atoms with Gasteiger partial charge in [0, 0.05) is 32.0 Å². The molecule has 0 radical (unpaired) electrons. The molecule has 3 heterocycles. The summed E-state index contributed by atoms with van der Waals surface area (Å²) in [6, 6.07) is 3.63. The van der Waals surface area contributed by atoms with Gasteiger partial charge >= 0.3 is 11.8 Å². The van der Waals surface area contributed by atoms with E-state index in [1.807, 2.05) is 6.07 Å². The van der Waals surface area contributed by atoms with Crippen LogP contribution in [0.2, 0.25) is 0 Å². The number of methoxy groups -OCH3 is 1. The van der Waals surface area contributed by atoms with Crippen LogP contribution < -0.4 is 5.32 Å². The van der Waals surface area contributed by atoms with E-state index in [9.17, 15) is 9.59 Å². The lowest BCUT2D eigenvalue weighted by Gasteiger charge is -2.22. The molecule has 8 nitrogen and oxygen atoms in total. The fraction of sp³-hybridized carbons (Fsp3) is 0.500. The Balaban J connectivity index is 1.70. The fourth-order valence-electron chi connectivity index (χ4n) is 2.82. The Kier molecular flexibility index (Phi) is 5.44. The number of carbonyl (C=O) groups is 2. The van der Waals surface area contributed by atoms with Crippen LogP contribution in [0.3, 0.4) is 0 Å². The molecule has 3 rings (SSSR count). The maximum atomic E-state index is 12.6. The second-order valence-corrected chi connectivity index (χ2v) is 6.85. The van der Waals surface area contributed by atoms with Gasteiger partial charge in [0.2, 0.25) is 5.89 Å². The van der Waals surface area contributed by atoms with Crippen LogP contribution in [0.25, 0.3) is 0 Å². The molecule has 134 valence electrons. The highest BCUT2D eigenvalue weighted by molar-refractivity contribution is 7.14. The first kappa shape index (κ1) is 17.6. The van der Waals surface area contributed by atoms with E-state index < -0.39 is 0 Å². The standard InChI is InChI=1S/C16H20N4O4S/c1-10-18-19-15(24-10)16(22)20-8-3-4-11(20)12-5-6-13(25-12)14(21)17-7-9-23-2/h5-6,11H,3-4,7-9H2,1-2H3,(H,17,21). The van der Waals surface area contributed by atoms with Gasteiger partial charge < -0.3 is 19.4 Å². The van der Waals surface area contributed by atoms with Crippen LogP contribution in [0.5, 0.6) is 0 Å². The molecule has 1 aliphatic rings. The van der Waals surface area contributed by atoms with Gasteiger partial charge in [0.05, 0.1) is 17.5 Å². The van der Waals surface area contributed by atoms with Crippen molar-refractivity contribution in [1.29, 1.82) is 0 Å². The summed E-state index contributed by atoms with van der Waals surface area (Å²) in [5, 5.41) is 10.3. The zero-order valence-corrected chi connectivity index (χ0v) is 15.0. The molecule has 1 N–H and O–H groups in total. The lowest BCUT2D eigenvalue weighted by atomic mass is 10.2. The minimum atomic E-state index is -0.261. The molecule has 0 saturated carbocycles. The monoisotopic (exact) mass is 364 g/mol. The van der Waals surface area contributed by atoms with Gasteiger partial charge in [0.25, 0.3) is 5.91 Å². The van der Waals surface area contributed by atoms with Crippen LogP contribution in [0.1, 0.15) is 50.0 Å². The van der Waals surface area contributed by atoms with Gasteiger partial charge in [-0.1, -0.05) is 0 Å². The number of aromatic nitrogens is 2. The zero-order chi connectivity index (χ0) is 17.8. The molecule has 2 aromatic heterocycles. The van der Waals surface area contributed by atoms with Crippen LogP contribution in [-0.2, 0) is 4.74 Å². The molecule has 1 atom stereocenters. The van der Waals surface area contributed by atoms with E-state index in [4.69, 9.17) is 9.15 Å². The predicted molar refractivity (Wildman–Crippen MR) is 90.6 cm³/mol. The molecule has 0 aromatic carbocycles. The first-order chi connectivity index (χ1) is 12.1. The van der Waals surface area contributed by atoms with Gasteiger partial charge in [-0.25, -0.2) is 0 Å². The fourth-order valence-corrected chi connectivity index (χ4v) is 3.89. The van der Waals surface area contributed by atoms with Crippen molar-refractivity contribution in [3.05, 3.63) is 33.7 Å². The van der Waals surface area contributed by atoms with E-state index in [1.165, 1.54) is 11.3 Å². The quantitative estimate of drug-likeness (QED) is 0.785. The highest BCUT2D eigenvalue weighted by Crippen LogP contribution is 2.36. The van der Waals surface area contributed by atoms with Crippen molar-refractivity contribution >= 4 is 23.2 Å². The summed E-state index contributed by atoms with van der Waals surface area (Å²) >= 11 is 1.40. The van der Waals surface area contributed by atoms with Crippen molar-refractivity contribution < 1.29 is 18.7 Å². The highest BCUT2D eigenvalue weighted by Gasteiger charge is 2.34. The molecule has 2 aromatic rings. The van der Waals surface area contributed by atoms with Crippen molar-refractivity contribution in [2.24, 2.45) is 0 Å². The summed E-state index contributed by atoms with van der Waals surface area (Å²) in [5.41, 5.74) is 0. The molecular formula is C16H20N4O4S. The van der Waals surface area contributed by atoms with Gasteiger partial charge in [0.1, 0.15) is 0 Å². The summed E-state index contributed by atoms with van der Waals surface area (Å²) < 4.78 is 10.2. The number of aryl methyl sites for hydroxylation is 1.